The van der Waals surface area contributed by atoms with Crippen LogP contribution < -0.4 is 0 Å². The largest absolute Gasteiger partial charge is 0.379 e. The van der Waals surface area contributed by atoms with Gasteiger partial charge in [0, 0.05) is 47.9 Å². The fourth-order valence-corrected chi connectivity index (χ4v) is 5.30. The number of hydrogen-bond donors (Lipinski definition) is 0. The zero-order chi connectivity index (χ0) is 21.5. The Hall–Kier alpha value is -2.60. The first-order chi connectivity index (χ1) is 15.8. The van der Waals surface area contributed by atoms with E-state index >= 15 is 0 Å². The van der Waals surface area contributed by atoms with E-state index in [2.05, 4.69) is 56.4 Å². The first-order valence-electron chi connectivity index (χ1n) is 11.5. The third kappa shape index (κ3) is 3.45. The van der Waals surface area contributed by atoms with Crippen molar-refractivity contribution < 1.29 is 4.74 Å². The summed E-state index contributed by atoms with van der Waals surface area (Å²) in [5.74, 6) is 1.06. The van der Waals surface area contributed by atoms with Crippen molar-refractivity contribution in [2.45, 2.75) is 32.4 Å². The number of rotatable bonds is 4. The summed E-state index contributed by atoms with van der Waals surface area (Å²) >= 11 is 6.23. The smallest absolute Gasteiger partial charge is 0.162 e. The molecule has 0 unspecified atom stereocenters. The van der Waals surface area contributed by atoms with Crippen molar-refractivity contribution >= 4 is 17.2 Å². The Morgan fingerprint density at radius 2 is 1.66 bits per heavy atom. The summed E-state index contributed by atoms with van der Waals surface area (Å²) in [6.07, 6.45) is 3.43. The average molecular weight is 447 g/mol. The molecule has 2 aliphatic rings. The number of ether oxygens (including phenoxy) is 1. The molecule has 0 bridgehead atoms. The van der Waals surface area contributed by atoms with Gasteiger partial charge in [-0.3, -0.25) is 4.90 Å². The van der Waals surface area contributed by atoms with Crippen molar-refractivity contribution in [2.75, 3.05) is 26.3 Å². The lowest BCUT2D eigenvalue weighted by Gasteiger charge is -2.26. The molecule has 4 aromatic rings. The van der Waals surface area contributed by atoms with E-state index in [0.29, 0.717) is 0 Å². The molecular weight excluding hydrogens is 420 g/mol. The van der Waals surface area contributed by atoms with Gasteiger partial charge in [0.25, 0.3) is 0 Å². The van der Waals surface area contributed by atoms with Crippen molar-refractivity contribution in [1.82, 2.24) is 19.1 Å². The molecule has 6 heteroatoms. The molecule has 32 heavy (non-hydrogen) atoms. The summed E-state index contributed by atoms with van der Waals surface area (Å²) in [5, 5.41) is 5.99. The van der Waals surface area contributed by atoms with E-state index in [1.807, 2.05) is 12.1 Å². The zero-order valence-electron chi connectivity index (χ0n) is 18.1. The van der Waals surface area contributed by atoms with Gasteiger partial charge in [-0.05, 0) is 37.0 Å². The van der Waals surface area contributed by atoms with E-state index in [0.717, 1.165) is 56.7 Å². The molecule has 0 aliphatic carbocycles. The van der Waals surface area contributed by atoms with Crippen LogP contribution in [0.5, 0.6) is 0 Å². The summed E-state index contributed by atoms with van der Waals surface area (Å²) in [6.45, 7) is 5.36. The number of aromatic nitrogens is 3. The lowest BCUT2D eigenvalue weighted by Crippen LogP contribution is -2.36. The van der Waals surface area contributed by atoms with Gasteiger partial charge in [0.2, 0.25) is 0 Å². The second-order valence-electron chi connectivity index (χ2n) is 8.73. The molecule has 4 heterocycles. The van der Waals surface area contributed by atoms with Crippen LogP contribution in [0.1, 0.15) is 24.1 Å². The van der Waals surface area contributed by atoms with Gasteiger partial charge in [0.1, 0.15) is 5.65 Å². The van der Waals surface area contributed by atoms with Crippen molar-refractivity contribution in [3.05, 3.63) is 70.9 Å². The minimum atomic E-state index is 0.770. The monoisotopic (exact) mass is 446 g/mol. The molecule has 1 fully saturated rings. The number of morpholine rings is 1. The molecule has 164 valence electrons. The Kier molecular flexibility index (Phi) is 5.26. The quantitative estimate of drug-likeness (QED) is 0.427. The maximum atomic E-state index is 6.23. The highest BCUT2D eigenvalue weighted by Crippen LogP contribution is 2.39. The van der Waals surface area contributed by atoms with Crippen LogP contribution in [0, 0.1) is 0 Å². The van der Waals surface area contributed by atoms with Crippen LogP contribution in [0.15, 0.2) is 54.6 Å². The summed E-state index contributed by atoms with van der Waals surface area (Å²) in [5.41, 5.74) is 7.70. The van der Waals surface area contributed by atoms with E-state index in [1.165, 1.54) is 46.4 Å². The van der Waals surface area contributed by atoms with E-state index < -0.39 is 0 Å². The summed E-state index contributed by atoms with van der Waals surface area (Å²) in [6, 6.07) is 18.9. The lowest BCUT2D eigenvalue weighted by molar-refractivity contribution is 0.0335. The predicted octanol–water partition coefficient (Wildman–Crippen LogP) is 5.29. The topological polar surface area (TPSA) is 34.7 Å². The molecule has 2 aliphatic heterocycles. The molecule has 0 N–H and O–H groups in total. The Balaban J connectivity index is 1.59. The third-order valence-electron chi connectivity index (χ3n) is 6.72. The molecule has 0 saturated carbocycles. The predicted molar refractivity (Wildman–Crippen MR) is 128 cm³/mol. The molecular formula is C26H27ClN4O. The van der Waals surface area contributed by atoms with E-state index in [-0.39, 0.29) is 0 Å². The molecule has 0 amide bonds. The van der Waals surface area contributed by atoms with Crippen LogP contribution in [0.25, 0.3) is 28.2 Å². The van der Waals surface area contributed by atoms with Gasteiger partial charge < -0.3 is 9.30 Å². The number of benzene rings is 2. The molecule has 0 atom stereocenters. The maximum Gasteiger partial charge on any atom is 0.162 e. The Morgan fingerprint density at radius 1 is 0.875 bits per heavy atom. The van der Waals surface area contributed by atoms with Crippen LogP contribution in [0.3, 0.4) is 0 Å². The number of halogens is 1. The van der Waals surface area contributed by atoms with Gasteiger partial charge in [-0.1, -0.05) is 54.1 Å². The highest BCUT2D eigenvalue weighted by Gasteiger charge is 2.28. The van der Waals surface area contributed by atoms with Gasteiger partial charge in [0.05, 0.1) is 18.9 Å². The number of nitrogens with zero attached hydrogens (tertiary/aromatic N) is 4. The average Bonchev–Trinajstić information content (AvgIpc) is 3.24. The maximum absolute atomic E-state index is 6.23. The van der Waals surface area contributed by atoms with Crippen molar-refractivity contribution in [2.24, 2.45) is 0 Å². The van der Waals surface area contributed by atoms with Crippen molar-refractivity contribution in [3.63, 3.8) is 0 Å². The Bertz CT molecular complexity index is 1240. The van der Waals surface area contributed by atoms with Crippen LogP contribution in [-0.2, 0) is 24.2 Å². The normalized spacial score (nSPS) is 17.0. The third-order valence-corrected chi connectivity index (χ3v) is 6.98. The molecule has 1 saturated heterocycles. The van der Waals surface area contributed by atoms with Gasteiger partial charge in [-0.25, -0.2) is 4.52 Å². The second-order valence-corrected chi connectivity index (χ2v) is 9.17. The minimum absolute atomic E-state index is 0.770. The first-order valence-corrected chi connectivity index (χ1v) is 11.9. The fraction of sp³-hybridized carbons (Fsp3) is 0.346. The van der Waals surface area contributed by atoms with E-state index in [9.17, 15) is 0 Å². The summed E-state index contributed by atoms with van der Waals surface area (Å²) in [4.78, 5) is 2.49. The molecule has 0 spiro atoms. The van der Waals surface area contributed by atoms with Gasteiger partial charge in [0.15, 0.2) is 5.82 Å². The highest BCUT2D eigenvalue weighted by atomic mass is 35.5. The molecule has 5 nitrogen and oxygen atoms in total. The fourth-order valence-electron chi connectivity index (χ4n) is 5.18. The van der Waals surface area contributed by atoms with E-state index in [1.54, 1.807) is 0 Å². The standard InChI is InChI=1S/C26H27ClN4O/c27-21-11-9-19(10-12-21)24-22-8-4-5-13-30-25(20-6-2-1-3-7-20)28-31(26(22)30)23(24)18-29-14-16-32-17-15-29/h1-3,6-7,9-12H,4-5,8,13-18H2. The molecule has 0 radical (unpaired) electrons. The van der Waals surface area contributed by atoms with Crippen LogP contribution >= 0.6 is 11.6 Å². The van der Waals surface area contributed by atoms with Crippen LogP contribution in [0.2, 0.25) is 5.02 Å². The summed E-state index contributed by atoms with van der Waals surface area (Å²) in [7, 11) is 0. The SMILES string of the molecule is Clc1ccc(-c2c3c4n(c(-c5ccccc5)nn4c2CN2CCOCC2)CCCC3)cc1. The Labute approximate surface area is 193 Å². The summed E-state index contributed by atoms with van der Waals surface area (Å²) < 4.78 is 10.3. The van der Waals surface area contributed by atoms with Crippen molar-refractivity contribution in [3.8, 4) is 22.5 Å². The van der Waals surface area contributed by atoms with Crippen LogP contribution in [0.4, 0.5) is 0 Å². The second kappa shape index (κ2) is 8.39. The van der Waals surface area contributed by atoms with Crippen molar-refractivity contribution in [1.29, 1.82) is 0 Å². The molecule has 2 aromatic heterocycles. The van der Waals surface area contributed by atoms with E-state index in [4.69, 9.17) is 21.4 Å². The number of hydrogen-bond acceptors (Lipinski definition) is 3. The molecule has 6 rings (SSSR count). The highest BCUT2D eigenvalue weighted by molar-refractivity contribution is 6.30. The van der Waals surface area contributed by atoms with Gasteiger partial charge >= 0.3 is 0 Å². The lowest BCUT2D eigenvalue weighted by atomic mass is 9.98. The van der Waals surface area contributed by atoms with Gasteiger partial charge in [-0.15, -0.1) is 5.10 Å². The first kappa shape index (κ1) is 20.0. The van der Waals surface area contributed by atoms with Crippen LogP contribution in [-0.4, -0.2) is 45.4 Å². The zero-order valence-corrected chi connectivity index (χ0v) is 18.9. The Morgan fingerprint density at radius 3 is 2.44 bits per heavy atom. The molecule has 2 aromatic carbocycles. The van der Waals surface area contributed by atoms with Gasteiger partial charge in [-0.2, -0.15) is 0 Å². The minimum Gasteiger partial charge on any atom is -0.379 e. The number of aryl methyl sites for hydroxylation is 2.